The van der Waals surface area contributed by atoms with Gasteiger partial charge >= 0.3 is 5.97 Å². The Kier molecular flexibility index (Phi) is 3.98. The second-order valence-corrected chi connectivity index (χ2v) is 3.45. The fourth-order valence-corrected chi connectivity index (χ4v) is 1.58. The minimum Gasteiger partial charge on any atom is -0.497 e. The lowest BCUT2D eigenvalue weighted by Gasteiger charge is -2.15. The van der Waals surface area contributed by atoms with Gasteiger partial charge in [0, 0.05) is 11.6 Å². The number of halogens is 1. The number of aliphatic carboxylic acids is 1. The van der Waals surface area contributed by atoms with Gasteiger partial charge in [0.2, 0.25) is 0 Å². The molecule has 1 aromatic rings. The number of ether oxygens (including phenoxy) is 2. The van der Waals surface area contributed by atoms with E-state index in [0.29, 0.717) is 5.75 Å². The zero-order valence-corrected chi connectivity index (χ0v) is 9.62. The lowest BCUT2D eigenvalue weighted by atomic mass is 10.1. The van der Waals surface area contributed by atoms with E-state index in [1.165, 1.54) is 26.4 Å². The fourth-order valence-electron chi connectivity index (χ4n) is 1.29. The quantitative estimate of drug-likeness (QED) is 0.839. The zero-order valence-electron chi connectivity index (χ0n) is 8.86. The molecule has 1 unspecified atom stereocenters. The van der Waals surface area contributed by atoms with Crippen LogP contribution in [0.3, 0.4) is 0 Å². The molecule has 0 spiro atoms. The number of benzene rings is 1. The zero-order chi connectivity index (χ0) is 12.3. The minimum atomic E-state index is -1.21. The number of hydrogen-bond acceptors (Lipinski definition) is 4. The van der Waals surface area contributed by atoms with Gasteiger partial charge < -0.3 is 20.3 Å². The van der Waals surface area contributed by atoms with Crippen molar-refractivity contribution in [2.75, 3.05) is 14.2 Å². The molecule has 0 saturated heterocycles. The molecule has 0 radical (unpaired) electrons. The van der Waals surface area contributed by atoms with Gasteiger partial charge in [-0.25, -0.2) is 0 Å². The van der Waals surface area contributed by atoms with Crippen LogP contribution in [0.4, 0.5) is 0 Å². The van der Waals surface area contributed by atoms with Crippen molar-refractivity contribution in [2.24, 2.45) is 5.73 Å². The molecule has 0 fully saturated rings. The Hall–Kier alpha value is -1.46. The predicted octanol–water partition coefficient (Wildman–Crippen LogP) is 1.44. The molecule has 6 heteroatoms. The third-order valence-corrected chi connectivity index (χ3v) is 2.37. The van der Waals surface area contributed by atoms with Crippen LogP contribution in [0.15, 0.2) is 12.1 Å². The molecule has 0 aromatic heterocycles. The molecule has 0 saturated carbocycles. The number of hydrogen-bond donors (Lipinski definition) is 2. The van der Waals surface area contributed by atoms with Crippen molar-refractivity contribution in [1.29, 1.82) is 0 Å². The average Bonchev–Trinajstić information content (AvgIpc) is 2.26. The van der Waals surface area contributed by atoms with E-state index in [9.17, 15) is 4.79 Å². The maximum atomic E-state index is 10.8. The number of rotatable bonds is 4. The first-order valence-electron chi connectivity index (χ1n) is 4.41. The van der Waals surface area contributed by atoms with Gasteiger partial charge in [0.15, 0.2) is 0 Å². The largest absolute Gasteiger partial charge is 0.497 e. The fraction of sp³-hybridized carbons (Fsp3) is 0.300. The van der Waals surface area contributed by atoms with Gasteiger partial charge in [0.1, 0.15) is 17.5 Å². The summed E-state index contributed by atoms with van der Waals surface area (Å²) >= 11 is 5.91. The number of carboxylic acids is 1. The lowest BCUT2D eigenvalue weighted by Crippen LogP contribution is -2.21. The number of carboxylic acid groups (broad SMARTS) is 1. The molecule has 0 aliphatic heterocycles. The van der Waals surface area contributed by atoms with Gasteiger partial charge in [0.25, 0.3) is 0 Å². The third kappa shape index (κ3) is 2.37. The van der Waals surface area contributed by atoms with Crippen LogP contribution in [0, 0.1) is 0 Å². The first-order chi connectivity index (χ1) is 7.51. The van der Waals surface area contributed by atoms with Gasteiger partial charge in [0.05, 0.1) is 19.2 Å². The Labute approximate surface area is 97.7 Å². The normalized spacial score (nSPS) is 12.0. The van der Waals surface area contributed by atoms with Crippen LogP contribution in [-0.2, 0) is 4.79 Å². The smallest absolute Gasteiger partial charge is 0.325 e. The standard InChI is InChI=1S/C10H12ClNO4/c1-15-5-3-6(8(12)10(13)14)9(16-2)7(11)4-5/h3-4,8H,12H2,1-2H3,(H,13,14). The summed E-state index contributed by atoms with van der Waals surface area (Å²) in [5, 5.41) is 9.10. The lowest BCUT2D eigenvalue weighted by molar-refractivity contribution is -0.138. The summed E-state index contributed by atoms with van der Waals surface area (Å²) in [6, 6.07) is 1.81. The van der Waals surface area contributed by atoms with E-state index in [4.69, 9.17) is 31.9 Å². The number of nitrogens with two attached hydrogens (primary N) is 1. The van der Waals surface area contributed by atoms with E-state index in [-0.39, 0.29) is 16.3 Å². The van der Waals surface area contributed by atoms with Crippen LogP contribution in [0.25, 0.3) is 0 Å². The van der Waals surface area contributed by atoms with E-state index in [0.717, 1.165) is 0 Å². The monoisotopic (exact) mass is 245 g/mol. The summed E-state index contributed by atoms with van der Waals surface area (Å²) < 4.78 is 9.99. The van der Waals surface area contributed by atoms with Crippen molar-refractivity contribution in [3.05, 3.63) is 22.7 Å². The molecule has 1 aromatic carbocycles. The molecule has 0 heterocycles. The van der Waals surface area contributed by atoms with Crippen LogP contribution < -0.4 is 15.2 Å². The van der Waals surface area contributed by atoms with E-state index in [1.54, 1.807) is 0 Å². The molecule has 1 rings (SSSR count). The molecule has 88 valence electrons. The van der Waals surface area contributed by atoms with E-state index in [2.05, 4.69) is 0 Å². The van der Waals surface area contributed by atoms with Crippen LogP contribution in [0.2, 0.25) is 5.02 Å². The Bertz CT molecular complexity index is 408. The topological polar surface area (TPSA) is 81.8 Å². The highest BCUT2D eigenvalue weighted by atomic mass is 35.5. The van der Waals surface area contributed by atoms with Gasteiger partial charge in [-0.05, 0) is 6.07 Å². The summed E-state index contributed by atoms with van der Waals surface area (Å²) in [4.78, 5) is 10.8. The third-order valence-electron chi connectivity index (χ3n) is 2.09. The average molecular weight is 246 g/mol. The van der Waals surface area contributed by atoms with Crippen molar-refractivity contribution in [1.82, 2.24) is 0 Å². The van der Waals surface area contributed by atoms with Crippen molar-refractivity contribution in [2.45, 2.75) is 6.04 Å². The molecule has 3 N–H and O–H groups in total. The Balaban J connectivity index is 3.33. The molecule has 0 aliphatic carbocycles. The molecule has 0 aliphatic rings. The summed E-state index contributed by atoms with van der Waals surface area (Å²) in [6.07, 6.45) is 0. The van der Waals surface area contributed by atoms with E-state index < -0.39 is 12.0 Å². The van der Waals surface area contributed by atoms with Crippen LogP contribution in [0.1, 0.15) is 11.6 Å². The predicted molar refractivity (Wildman–Crippen MR) is 59.1 cm³/mol. The highest BCUT2D eigenvalue weighted by molar-refractivity contribution is 6.32. The van der Waals surface area contributed by atoms with Crippen LogP contribution >= 0.6 is 11.6 Å². The Morgan fingerprint density at radius 2 is 2.06 bits per heavy atom. The SMILES string of the molecule is COc1cc(Cl)c(OC)c(C(N)C(=O)O)c1. The highest BCUT2D eigenvalue weighted by Crippen LogP contribution is 2.36. The van der Waals surface area contributed by atoms with Crippen LogP contribution in [0.5, 0.6) is 11.5 Å². The van der Waals surface area contributed by atoms with Crippen LogP contribution in [-0.4, -0.2) is 25.3 Å². The molecule has 0 amide bonds. The molecule has 5 nitrogen and oxygen atoms in total. The summed E-state index contributed by atoms with van der Waals surface area (Å²) in [6.45, 7) is 0. The Morgan fingerprint density at radius 3 is 2.50 bits per heavy atom. The van der Waals surface area contributed by atoms with Crippen molar-refractivity contribution in [3.63, 3.8) is 0 Å². The van der Waals surface area contributed by atoms with Crippen molar-refractivity contribution in [3.8, 4) is 11.5 Å². The molecule has 0 bridgehead atoms. The second-order valence-electron chi connectivity index (χ2n) is 3.05. The minimum absolute atomic E-state index is 0.248. The van der Waals surface area contributed by atoms with Gasteiger partial charge in [-0.1, -0.05) is 11.6 Å². The number of carbonyl (C=O) groups is 1. The first-order valence-corrected chi connectivity index (χ1v) is 4.78. The molecule has 1 atom stereocenters. The maximum Gasteiger partial charge on any atom is 0.325 e. The van der Waals surface area contributed by atoms with Crippen molar-refractivity contribution < 1.29 is 19.4 Å². The maximum absolute atomic E-state index is 10.8. The molecular weight excluding hydrogens is 234 g/mol. The second kappa shape index (κ2) is 5.05. The van der Waals surface area contributed by atoms with Gasteiger partial charge in [-0.2, -0.15) is 0 Å². The summed E-state index contributed by atoms with van der Waals surface area (Å²) in [7, 11) is 2.85. The molecule has 16 heavy (non-hydrogen) atoms. The number of methoxy groups -OCH3 is 2. The summed E-state index contributed by atoms with van der Waals surface area (Å²) in [5.74, 6) is -0.488. The van der Waals surface area contributed by atoms with Crippen molar-refractivity contribution >= 4 is 17.6 Å². The highest BCUT2D eigenvalue weighted by Gasteiger charge is 2.22. The van der Waals surface area contributed by atoms with Gasteiger partial charge in [-0.15, -0.1) is 0 Å². The summed E-state index contributed by atoms with van der Waals surface area (Å²) in [5.41, 5.74) is 5.79. The Morgan fingerprint density at radius 1 is 1.44 bits per heavy atom. The van der Waals surface area contributed by atoms with E-state index >= 15 is 0 Å². The van der Waals surface area contributed by atoms with E-state index in [1.807, 2.05) is 0 Å². The molecular formula is C10H12ClNO4. The van der Waals surface area contributed by atoms with Gasteiger partial charge in [-0.3, -0.25) is 4.79 Å². The first kappa shape index (κ1) is 12.6.